The third-order valence-corrected chi connectivity index (χ3v) is 3.60. The van der Waals surface area contributed by atoms with Crippen LogP contribution in [0.25, 0.3) is 0 Å². The first-order chi connectivity index (χ1) is 8.30. The van der Waals surface area contributed by atoms with E-state index in [4.69, 9.17) is 10.5 Å². The number of aryl methyl sites for hydroxylation is 1. The molecule has 1 fully saturated rings. The number of nitrogens with two attached hydrogens (primary N) is 1. The van der Waals surface area contributed by atoms with Crippen LogP contribution in [0.15, 0.2) is 12.5 Å². The lowest BCUT2D eigenvalue weighted by molar-refractivity contribution is 0.101. The Hall–Kier alpha value is -0.910. The number of ether oxygens (including phenoxy) is 1. The number of aromatic nitrogens is 2. The third kappa shape index (κ3) is 2.51. The minimum absolute atomic E-state index is 0.262. The van der Waals surface area contributed by atoms with E-state index >= 15 is 0 Å². The van der Waals surface area contributed by atoms with Gasteiger partial charge < -0.3 is 15.0 Å². The van der Waals surface area contributed by atoms with Crippen LogP contribution < -0.4 is 5.73 Å². The minimum Gasteiger partial charge on any atom is -0.380 e. The Balaban J connectivity index is 2.11. The summed E-state index contributed by atoms with van der Waals surface area (Å²) < 4.78 is 7.57. The van der Waals surface area contributed by atoms with Gasteiger partial charge in [0.1, 0.15) is 0 Å². The fourth-order valence-corrected chi connectivity index (χ4v) is 2.56. The average Bonchev–Trinajstić information content (AvgIpc) is 2.99. The van der Waals surface area contributed by atoms with Gasteiger partial charge in [0.25, 0.3) is 0 Å². The second-order valence-corrected chi connectivity index (χ2v) is 4.50. The first-order valence-corrected chi connectivity index (χ1v) is 6.27. The summed E-state index contributed by atoms with van der Waals surface area (Å²) in [5.41, 5.74) is 7.15. The predicted molar refractivity (Wildman–Crippen MR) is 66.7 cm³/mol. The smallest absolute Gasteiger partial charge is 0.0948 e. The van der Waals surface area contributed by atoms with Gasteiger partial charge in [-0.2, -0.15) is 0 Å². The molecule has 2 atom stereocenters. The third-order valence-electron chi connectivity index (χ3n) is 3.60. The van der Waals surface area contributed by atoms with E-state index < -0.39 is 0 Å². The lowest BCUT2D eigenvalue weighted by Crippen LogP contribution is -2.34. The molecule has 5 heteroatoms. The number of hydrogen-bond acceptors (Lipinski definition) is 4. The Morgan fingerprint density at radius 2 is 2.47 bits per heavy atom. The van der Waals surface area contributed by atoms with Crippen LogP contribution in [0.4, 0.5) is 0 Å². The van der Waals surface area contributed by atoms with Crippen LogP contribution in [0.5, 0.6) is 0 Å². The Morgan fingerprint density at radius 3 is 3.06 bits per heavy atom. The SMILES string of the molecule is CCn1cncc1C(CN)N1CCC(OC)C1. The van der Waals surface area contributed by atoms with Gasteiger partial charge in [-0.1, -0.05) is 0 Å². The number of rotatable bonds is 5. The zero-order chi connectivity index (χ0) is 12.3. The van der Waals surface area contributed by atoms with Crippen LogP contribution in [0.2, 0.25) is 0 Å². The summed E-state index contributed by atoms with van der Waals surface area (Å²) in [4.78, 5) is 6.62. The van der Waals surface area contributed by atoms with E-state index in [9.17, 15) is 0 Å². The highest BCUT2D eigenvalue weighted by molar-refractivity contribution is 5.07. The average molecular weight is 238 g/mol. The van der Waals surface area contributed by atoms with Crippen molar-refractivity contribution >= 4 is 0 Å². The quantitative estimate of drug-likeness (QED) is 0.817. The molecule has 2 rings (SSSR count). The summed E-state index contributed by atoms with van der Waals surface area (Å²) in [6, 6.07) is 0.262. The Labute approximate surface area is 103 Å². The number of nitrogens with zero attached hydrogens (tertiary/aromatic N) is 3. The van der Waals surface area contributed by atoms with Crippen molar-refractivity contribution in [2.75, 3.05) is 26.7 Å². The molecule has 0 amide bonds. The highest BCUT2D eigenvalue weighted by atomic mass is 16.5. The van der Waals surface area contributed by atoms with Gasteiger partial charge in [0, 0.05) is 39.5 Å². The van der Waals surface area contributed by atoms with Crippen molar-refractivity contribution in [3.63, 3.8) is 0 Å². The summed E-state index contributed by atoms with van der Waals surface area (Å²) in [5, 5.41) is 0. The number of hydrogen-bond donors (Lipinski definition) is 1. The van der Waals surface area contributed by atoms with Crippen molar-refractivity contribution in [1.29, 1.82) is 0 Å². The molecular formula is C12H22N4O. The highest BCUT2D eigenvalue weighted by Crippen LogP contribution is 2.25. The molecule has 0 radical (unpaired) electrons. The molecule has 1 aliphatic heterocycles. The molecule has 0 saturated carbocycles. The second kappa shape index (κ2) is 5.62. The van der Waals surface area contributed by atoms with Gasteiger partial charge in [-0.25, -0.2) is 4.98 Å². The fraction of sp³-hybridized carbons (Fsp3) is 0.750. The molecule has 0 aliphatic carbocycles. The van der Waals surface area contributed by atoms with Crippen LogP contribution in [0.3, 0.4) is 0 Å². The number of likely N-dealkylation sites (tertiary alicyclic amines) is 1. The Morgan fingerprint density at radius 1 is 1.65 bits per heavy atom. The van der Waals surface area contributed by atoms with Crippen LogP contribution in [-0.2, 0) is 11.3 Å². The van der Waals surface area contributed by atoms with Gasteiger partial charge >= 0.3 is 0 Å². The van der Waals surface area contributed by atoms with E-state index in [1.807, 2.05) is 12.5 Å². The maximum Gasteiger partial charge on any atom is 0.0948 e. The van der Waals surface area contributed by atoms with Gasteiger partial charge in [0.15, 0.2) is 0 Å². The lowest BCUT2D eigenvalue weighted by Gasteiger charge is -2.27. The van der Waals surface area contributed by atoms with Crippen LogP contribution >= 0.6 is 0 Å². The summed E-state index contributed by atoms with van der Waals surface area (Å²) in [5.74, 6) is 0. The Bertz CT molecular complexity index is 352. The van der Waals surface area contributed by atoms with Crippen molar-refractivity contribution in [3.8, 4) is 0 Å². The molecule has 1 aliphatic rings. The van der Waals surface area contributed by atoms with Crippen LogP contribution in [0, 0.1) is 0 Å². The van der Waals surface area contributed by atoms with Crippen molar-refractivity contribution in [3.05, 3.63) is 18.2 Å². The highest BCUT2D eigenvalue weighted by Gasteiger charge is 2.29. The van der Waals surface area contributed by atoms with Crippen molar-refractivity contribution in [2.24, 2.45) is 5.73 Å². The number of imidazole rings is 1. The van der Waals surface area contributed by atoms with Gasteiger partial charge in [-0.3, -0.25) is 4.90 Å². The van der Waals surface area contributed by atoms with Gasteiger partial charge in [0.2, 0.25) is 0 Å². The van der Waals surface area contributed by atoms with Crippen molar-refractivity contribution < 1.29 is 4.74 Å². The van der Waals surface area contributed by atoms with Gasteiger partial charge in [-0.05, 0) is 13.3 Å². The topological polar surface area (TPSA) is 56.3 Å². The van der Waals surface area contributed by atoms with Crippen LogP contribution in [0.1, 0.15) is 25.1 Å². The second-order valence-electron chi connectivity index (χ2n) is 4.50. The summed E-state index contributed by atoms with van der Waals surface area (Å²) >= 11 is 0. The fourth-order valence-electron chi connectivity index (χ4n) is 2.56. The molecule has 2 heterocycles. The van der Waals surface area contributed by atoms with E-state index in [1.165, 1.54) is 5.69 Å². The molecule has 1 saturated heterocycles. The van der Waals surface area contributed by atoms with Crippen molar-refractivity contribution in [1.82, 2.24) is 14.5 Å². The molecule has 96 valence electrons. The van der Waals surface area contributed by atoms with Gasteiger partial charge in [-0.15, -0.1) is 0 Å². The molecule has 0 bridgehead atoms. The van der Waals surface area contributed by atoms with E-state index in [1.54, 1.807) is 7.11 Å². The molecule has 1 aromatic rings. The first kappa shape index (κ1) is 12.5. The zero-order valence-electron chi connectivity index (χ0n) is 10.7. The maximum atomic E-state index is 5.93. The van der Waals surface area contributed by atoms with Crippen molar-refractivity contribution in [2.45, 2.75) is 32.0 Å². The molecule has 1 aromatic heterocycles. The van der Waals surface area contributed by atoms with E-state index in [2.05, 4.69) is 21.4 Å². The molecular weight excluding hydrogens is 216 g/mol. The van der Waals surface area contributed by atoms with Gasteiger partial charge in [0.05, 0.1) is 24.2 Å². The first-order valence-electron chi connectivity index (χ1n) is 6.27. The number of methoxy groups -OCH3 is 1. The molecule has 17 heavy (non-hydrogen) atoms. The molecule has 2 unspecified atom stereocenters. The molecule has 2 N–H and O–H groups in total. The zero-order valence-corrected chi connectivity index (χ0v) is 10.7. The normalized spacial score (nSPS) is 23.1. The van der Waals surface area contributed by atoms with E-state index in [-0.39, 0.29) is 6.04 Å². The van der Waals surface area contributed by atoms with E-state index in [0.29, 0.717) is 12.6 Å². The molecule has 0 spiro atoms. The maximum absolute atomic E-state index is 5.93. The summed E-state index contributed by atoms with van der Waals surface area (Å²) in [6.07, 6.45) is 5.25. The van der Waals surface area contributed by atoms with Crippen LogP contribution in [-0.4, -0.2) is 47.3 Å². The monoisotopic (exact) mass is 238 g/mol. The molecule has 5 nitrogen and oxygen atoms in total. The molecule has 0 aromatic carbocycles. The standard InChI is InChI=1S/C12H22N4O/c1-3-15-9-14-7-12(15)11(6-13)16-5-4-10(8-16)17-2/h7,9-11H,3-6,8,13H2,1-2H3. The largest absolute Gasteiger partial charge is 0.380 e. The lowest BCUT2D eigenvalue weighted by atomic mass is 10.2. The van der Waals surface area contributed by atoms with E-state index in [0.717, 1.165) is 26.1 Å². The summed E-state index contributed by atoms with van der Waals surface area (Å²) in [7, 11) is 1.78. The summed E-state index contributed by atoms with van der Waals surface area (Å²) in [6.45, 7) is 5.71. The predicted octanol–water partition coefficient (Wildman–Crippen LogP) is 0.624. The Kier molecular flexibility index (Phi) is 4.15. The minimum atomic E-state index is 0.262.